The fraction of sp³-hybridized carbons (Fsp3) is 0.771. The van der Waals surface area contributed by atoms with Crippen LogP contribution in [0.15, 0.2) is 48.6 Å². The molecule has 0 amide bonds. The van der Waals surface area contributed by atoms with Gasteiger partial charge in [-0.25, -0.2) is 0 Å². The zero-order valence-corrected chi connectivity index (χ0v) is 35.5. The Hall–Kier alpha value is -2.63. The molecule has 0 aliphatic heterocycles. The molecular formula is C48H84O6. The van der Waals surface area contributed by atoms with E-state index in [9.17, 15) is 14.4 Å². The minimum atomic E-state index is -0.786. The molecule has 0 N–H and O–H groups in total. The summed E-state index contributed by atoms with van der Waals surface area (Å²) < 4.78 is 16.5. The Kier molecular flexibility index (Phi) is 41.0. The average Bonchev–Trinajstić information content (AvgIpc) is 3.17. The van der Waals surface area contributed by atoms with Gasteiger partial charge in [0.2, 0.25) is 0 Å². The van der Waals surface area contributed by atoms with E-state index in [2.05, 4.69) is 69.4 Å². The number of hydrogen-bond donors (Lipinski definition) is 0. The quantitative estimate of drug-likeness (QED) is 0.0268. The fourth-order valence-corrected chi connectivity index (χ4v) is 6.14. The minimum absolute atomic E-state index is 0.0889. The Morgan fingerprint density at radius 2 is 0.685 bits per heavy atom. The maximum absolute atomic E-state index is 12.5. The predicted octanol–water partition coefficient (Wildman–Crippen LogP) is 14.4. The van der Waals surface area contributed by atoms with Crippen LogP contribution in [0.25, 0.3) is 0 Å². The first-order valence-electron chi connectivity index (χ1n) is 22.6. The van der Waals surface area contributed by atoms with E-state index in [1.807, 2.05) is 0 Å². The number of allylic oxidation sites excluding steroid dienone is 8. The Labute approximate surface area is 333 Å². The summed E-state index contributed by atoms with van der Waals surface area (Å²) in [5.41, 5.74) is 0. The average molecular weight is 757 g/mol. The molecule has 312 valence electrons. The second-order valence-corrected chi connectivity index (χ2v) is 15.0. The number of rotatable bonds is 40. The van der Waals surface area contributed by atoms with Gasteiger partial charge in [0.05, 0.1) is 0 Å². The maximum Gasteiger partial charge on any atom is 0.306 e. The lowest BCUT2D eigenvalue weighted by molar-refractivity contribution is -0.167. The SMILES string of the molecule is CCCCCC/C=C/C/C=C\C/C=C/C/C=C/CCCC(=O)OCC(COC(=O)CCCCCCCCCCCCCCC)OC(=O)CCCCCCC. The molecule has 6 nitrogen and oxygen atoms in total. The van der Waals surface area contributed by atoms with Crippen molar-refractivity contribution < 1.29 is 28.6 Å². The second kappa shape index (κ2) is 43.1. The lowest BCUT2D eigenvalue weighted by Crippen LogP contribution is -2.30. The van der Waals surface area contributed by atoms with E-state index >= 15 is 0 Å². The maximum atomic E-state index is 12.5. The van der Waals surface area contributed by atoms with Crippen molar-refractivity contribution in [3.63, 3.8) is 0 Å². The molecule has 0 aromatic rings. The molecule has 0 aliphatic carbocycles. The normalized spacial score (nSPS) is 12.4. The van der Waals surface area contributed by atoms with Crippen LogP contribution in [0.1, 0.15) is 220 Å². The van der Waals surface area contributed by atoms with Gasteiger partial charge in [0, 0.05) is 19.3 Å². The van der Waals surface area contributed by atoms with Crippen molar-refractivity contribution in [1.29, 1.82) is 0 Å². The van der Waals surface area contributed by atoms with Crippen LogP contribution in [0.5, 0.6) is 0 Å². The van der Waals surface area contributed by atoms with E-state index in [-0.39, 0.29) is 37.5 Å². The summed E-state index contributed by atoms with van der Waals surface area (Å²) in [4.78, 5) is 37.4. The van der Waals surface area contributed by atoms with Crippen molar-refractivity contribution in [2.24, 2.45) is 0 Å². The van der Waals surface area contributed by atoms with Gasteiger partial charge in [0.15, 0.2) is 6.10 Å². The molecule has 0 aromatic carbocycles. The molecule has 1 unspecified atom stereocenters. The van der Waals surface area contributed by atoms with Crippen molar-refractivity contribution in [3.8, 4) is 0 Å². The highest BCUT2D eigenvalue weighted by Crippen LogP contribution is 2.14. The lowest BCUT2D eigenvalue weighted by atomic mass is 10.0. The molecule has 6 heteroatoms. The van der Waals surface area contributed by atoms with Gasteiger partial charge < -0.3 is 14.2 Å². The highest BCUT2D eigenvalue weighted by atomic mass is 16.6. The Bertz CT molecular complexity index is 964. The molecule has 0 saturated heterocycles. The van der Waals surface area contributed by atoms with E-state index in [4.69, 9.17) is 14.2 Å². The molecule has 1 atom stereocenters. The van der Waals surface area contributed by atoms with Crippen molar-refractivity contribution in [1.82, 2.24) is 0 Å². The molecule has 0 saturated carbocycles. The van der Waals surface area contributed by atoms with E-state index in [1.165, 1.54) is 96.3 Å². The summed E-state index contributed by atoms with van der Waals surface area (Å²) >= 11 is 0. The van der Waals surface area contributed by atoms with E-state index in [0.717, 1.165) is 77.0 Å². The van der Waals surface area contributed by atoms with Crippen molar-refractivity contribution in [2.75, 3.05) is 13.2 Å². The molecule has 0 fully saturated rings. The molecule has 0 spiro atoms. The third kappa shape index (κ3) is 40.6. The molecule has 0 heterocycles. The number of hydrogen-bond acceptors (Lipinski definition) is 6. The van der Waals surface area contributed by atoms with Crippen LogP contribution in [-0.4, -0.2) is 37.2 Å². The van der Waals surface area contributed by atoms with Gasteiger partial charge in [0.25, 0.3) is 0 Å². The third-order valence-corrected chi connectivity index (χ3v) is 9.59. The van der Waals surface area contributed by atoms with Crippen molar-refractivity contribution in [2.45, 2.75) is 226 Å². The van der Waals surface area contributed by atoms with Gasteiger partial charge in [-0.15, -0.1) is 0 Å². The Morgan fingerprint density at radius 3 is 1.11 bits per heavy atom. The summed E-state index contributed by atoms with van der Waals surface area (Å²) in [6.07, 6.45) is 49.9. The van der Waals surface area contributed by atoms with E-state index in [0.29, 0.717) is 19.3 Å². The highest BCUT2D eigenvalue weighted by Gasteiger charge is 2.19. The number of esters is 3. The lowest BCUT2D eigenvalue weighted by Gasteiger charge is -2.18. The zero-order chi connectivity index (χ0) is 39.4. The van der Waals surface area contributed by atoms with Crippen LogP contribution >= 0.6 is 0 Å². The van der Waals surface area contributed by atoms with Crippen LogP contribution in [0.2, 0.25) is 0 Å². The summed E-state index contributed by atoms with van der Waals surface area (Å²) in [5, 5.41) is 0. The van der Waals surface area contributed by atoms with Gasteiger partial charge in [0.1, 0.15) is 13.2 Å². The summed E-state index contributed by atoms with van der Waals surface area (Å²) in [7, 11) is 0. The van der Waals surface area contributed by atoms with Gasteiger partial charge in [-0.3, -0.25) is 14.4 Å². The molecular weight excluding hydrogens is 673 g/mol. The largest absolute Gasteiger partial charge is 0.462 e. The van der Waals surface area contributed by atoms with E-state index < -0.39 is 6.10 Å². The molecule has 0 aliphatic rings. The molecule has 0 bridgehead atoms. The van der Waals surface area contributed by atoms with E-state index in [1.54, 1.807) is 0 Å². The molecule has 0 aromatic heterocycles. The Morgan fingerprint density at radius 1 is 0.370 bits per heavy atom. The first-order valence-corrected chi connectivity index (χ1v) is 22.6. The van der Waals surface area contributed by atoms with Crippen LogP contribution in [-0.2, 0) is 28.6 Å². The smallest absolute Gasteiger partial charge is 0.306 e. The number of carbonyl (C=O) groups is 3. The van der Waals surface area contributed by atoms with Gasteiger partial charge in [-0.2, -0.15) is 0 Å². The summed E-state index contributed by atoms with van der Waals surface area (Å²) in [5.74, 6) is -0.962. The monoisotopic (exact) mass is 757 g/mol. The fourth-order valence-electron chi connectivity index (χ4n) is 6.14. The summed E-state index contributed by atoms with van der Waals surface area (Å²) in [6, 6.07) is 0. The number of unbranched alkanes of at least 4 members (excludes halogenated alkanes) is 21. The molecule has 54 heavy (non-hydrogen) atoms. The van der Waals surface area contributed by atoms with Crippen LogP contribution < -0.4 is 0 Å². The molecule has 0 radical (unpaired) electrons. The summed E-state index contributed by atoms with van der Waals surface area (Å²) in [6.45, 7) is 6.47. The third-order valence-electron chi connectivity index (χ3n) is 9.59. The first kappa shape index (κ1) is 51.4. The Balaban J connectivity index is 4.27. The van der Waals surface area contributed by atoms with Gasteiger partial charge in [-0.05, 0) is 57.8 Å². The first-order chi connectivity index (χ1) is 26.5. The van der Waals surface area contributed by atoms with Gasteiger partial charge in [-0.1, -0.05) is 191 Å². The van der Waals surface area contributed by atoms with Crippen LogP contribution in [0.3, 0.4) is 0 Å². The topological polar surface area (TPSA) is 78.9 Å². The standard InChI is InChI=1S/C48H84O6/c1-4-7-10-13-15-17-19-21-22-23-24-25-27-29-31-33-36-38-41-47(50)53-44-45(54-48(51)42-39-34-12-9-6-3)43-52-46(49)40-37-35-32-30-28-26-20-18-16-14-11-8-5-2/h17,19,22-23,25,27,31,33,45H,4-16,18,20-21,24,26,28-30,32,34-44H2,1-3H3/b19-17+,23-22-,27-25+,33-31+. The van der Waals surface area contributed by atoms with Crippen LogP contribution in [0.4, 0.5) is 0 Å². The molecule has 0 rings (SSSR count). The van der Waals surface area contributed by atoms with Gasteiger partial charge >= 0.3 is 17.9 Å². The number of carbonyl (C=O) groups excluding carboxylic acids is 3. The van der Waals surface area contributed by atoms with Crippen LogP contribution in [0, 0.1) is 0 Å². The van der Waals surface area contributed by atoms with Crippen molar-refractivity contribution in [3.05, 3.63) is 48.6 Å². The minimum Gasteiger partial charge on any atom is -0.462 e. The zero-order valence-electron chi connectivity index (χ0n) is 35.5. The second-order valence-electron chi connectivity index (χ2n) is 15.0. The van der Waals surface area contributed by atoms with Crippen molar-refractivity contribution >= 4 is 17.9 Å². The number of ether oxygens (including phenoxy) is 3. The highest BCUT2D eigenvalue weighted by molar-refractivity contribution is 5.71. The predicted molar refractivity (Wildman–Crippen MR) is 229 cm³/mol.